The largest absolute Gasteiger partial charge is 0.325 e. The van der Waals surface area contributed by atoms with Crippen LogP contribution in [0.4, 0.5) is 5.69 Å². The molecule has 7 nitrogen and oxygen atoms in total. The first-order valence-electron chi connectivity index (χ1n) is 8.72. The van der Waals surface area contributed by atoms with Gasteiger partial charge in [-0.3, -0.25) is 4.79 Å². The Kier molecular flexibility index (Phi) is 6.13. The van der Waals surface area contributed by atoms with Crippen molar-refractivity contribution in [1.29, 1.82) is 0 Å². The summed E-state index contributed by atoms with van der Waals surface area (Å²) in [7, 11) is -3.44. The number of amides is 1. The Morgan fingerprint density at radius 2 is 1.85 bits per heavy atom. The third-order valence-corrected chi connectivity index (χ3v) is 7.22. The average Bonchev–Trinajstić information content (AvgIpc) is 3.17. The van der Waals surface area contributed by atoms with Crippen molar-refractivity contribution in [2.45, 2.75) is 41.9 Å². The summed E-state index contributed by atoms with van der Waals surface area (Å²) >= 11 is 1.34. The molecular weight excluding hydrogens is 384 g/mol. The van der Waals surface area contributed by atoms with Crippen molar-refractivity contribution in [2.75, 3.05) is 18.4 Å². The lowest BCUT2D eigenvalue weighted by molar-refractivity contribution is -0.115. The first kappa shape index (κ1) is 19.8. The van der Waals surface area contributed by atoms with Crippen molar-refractivity contribution in [3.05, 3.63) is 42.4 Å². The van der Waals surface area contributed by atoms with E-state index in [1.54, 1.807) is 19.1 Å². The Hall–Kier alpha value is -1.97. The number of hydrogen-bond donors (Lipinski definition) is 1. The van der Waals surface area contributed by atoms with Crippen molar-refractivity contribution < 1.29 is 13.2 Å². The number of rotatable bonds is 6. The third kappa shape index (κ3) is 4.85. The van der Waals surface area contributed by atoms with Crippen LogP contribution in [0.15, 0.2) is 46.6 Å². The molecule has 2 heterocycles. The molecule has 1 fully saturated rings. The van der Waals surface area contributed by atoms with Crippen molar-refractivity contribution in [3.63, 3.8) is 0 Å². The molecule has 1 N–H and O–H groups in total. The molecule has 0 bridgehead atoms. The van der Waals surface area contributed by atoms with Gasteiger partial charge in [0, 0.05) is 24.5 Å². The molecule has 1 aliphatic rings. The standard InChI is InChI=1S/C18H22N4O3S2/c1-13-11-17(20-12-19-13)26-14(2)18(23)21-15-5-7-16(8-6-15)27(24,25)22-9-3-4-10-22/h5-8,11-12,14H,3-4,9-10H2,1-2H3,(H,21,23)/t14-/m1/s1. The molecule has 3 rings (SSSR count). The van der Waals surface area contributed by atoms with Gasteiger partial charge in [0.1, 0.15) is 11.4 Å². The molecule has 1 amide bonds. The van der Waals surface area contributed by atoms with Gasteiger partial charge in [-0.1, -0.05) is 11.8 Å². The number of thioether (sulfide) groups is 1. The highest BCUT2D eigenvalue weighted by molar-refractivity contribution is 8.00. The van der Waals surface area contributed by atoms with E-state index in [1.165, 1.54) is 34.5 Å². The van der Waals surface area contributed by atoms with Crippen molar-refractivity contribution in [2.24, 2.45) is 0 Å². The van der Waals surface area contributed by atoms with Crippen molar-refractivity contribution in [1.82, 2.24) is 14.3 Å². The summed E-state index contributed by atoms with van der Waals surface area (Å²) in [4.78, 5) is 20.8. The monoisotopic (exact) mass is 406 g/mol. The summed E-state index contributed by atoms with van der Waals surface area (Å²) < 4.78 is 26.6. The van der Waals surface area contributed by atoms with Gasteiger partial charge in [0.15, 0.2) is 0 Å². The maximum absolute atomic E-state index is 12.5. The zero-order valence-corrected chi connectivity index (χ0v) is 16.9. The van der Waals surface area contributed by atoms with E-state index >= 15 is 0 Å². The van der Waals surface area contributed by atoms with Gasteiger partial charge < -0.3 is 5.32 Å². The predicted molar refractivity (Wildman–Crippen MR) is 105 cm³/mol. The van der Waals surface area contributed by atoms with E-state index < -0.39 is 10.0 Å². The van der Waals surface area contributed by atoms with E-state index in [4.69, 9.17) is 0 Å². The van der Waals surface area contributed by atoms with Gasteiger partial charge >= 0.3 is 0 Å². The normalized spacial score (nSPS) is 16.2. The fourth-order valence-electron chi connectivity index (χ4n) is 2.76. The Bertz CT molecular complexity index is 910. The molecule has 9 heteroatoms. The summed E-state index contributed by atoms with van der Waals surface area (Å²) in [5.74, 6) is -0.175. The van der Waals surface area contributed by atoms with Crippen LogP contribution in [-0.4, -0.2) is 46.9 Å². The van der Waals surface area contributed by atoms with Gasteiger partial charge in [0.05, 0.1) is 10.1 Å². The maximum atomic E-state index is 12.5. The minimum Gasteiger partial charge on any atom is -0.325 e. The summed E-state index contributed by atoms with van der Waals surface area (Å²) in [6, 6.07) is 8.14. The summed E-state index contributed by atoms with van der Waals surface area (Å²) in [6.07, 6.45) is 3.27. The molecule has 1 saturated heterocycles. The van der Waals surface area contributed by atoms with E-state index in [0.29, 0.717) is 18.8 Å². The lowest BCUT2D eigenvalue weighted by Crippen LogP contribution is -2.27. The quantitative estimate of drug-likeness (QED) is 0.586. The highest BCUT2D eigenvalue weighted by atomic mass is 32.2. The van der Waals surface area contributed by atoms with Gasteiger partial charge in [0.25, 0.3) is 0 Å². The van der Waals surface area contributed by atoms with E-state index in [9.17, 15) is 13.2 Å². The van der Waals surface area contributed by atoms with Gasteiger partial charge in [-0.2, -0.15) is 4.31 Å². The molecule has 1 atom stereocenters. The topological polar surface area (TPSA) is 92.3 Å². The van der Waals surface area contributed by atoms with Crippen LogP contribution in [0.25, 0.3) is 0 Å². The Morgan fingerprint density at radius 1 is 1.19 bits per heavy atom. The second-order valence-corrected chi connectivity index (χ2v) is 9.68. The summed E-state index contributed by atoms with van der Waals surface area (Å²) in [6.45, 7) is 4.80. The van der Waals surface area contributed by atoms with Crippen LogP contribution >= 0.6 is 11.8 Å². The van der Waals surface area contributed by atoms with E-state index in [-0.39, 0.29) is 16.1 Å². The Morgan fingerprint density at radius 3 is 2.48 bits per heavy atom. The molecule has 1 aliphatic heterocycles. The van der Waals surface area contributed by atoms with Gasteiger partial charge in [-0.15, -0.1) is 0 Å². The fraction of sp³-hybridized carbons (Fsp3) is 0.389. The third-order valence-electron chi connectivity index (χ3n) is 4.27. The molecule has 0 spiro atoms. The average molecular weight is 407 g/mol. The first-order chi connectivity index (χ1) is 12.9. The molecule has 2 aromatic rings. The van der Waals surface area contributed by atoms with Crippen LogP contribution in [0.2, 0.25) is 0 Å². The van der Waals surface area contributed by atoms with Crippen molar-refractivity contribution in [3.8, 4) is 0 Å². The van der Waals surface area contributed by atoms with Gasteiger partial charge in [-0.05, 0) is 57.0 Å². The SMILES string of the molecule is Cc1cc(S[C@H](C)C(=O)Nc2ccc(S(=O)(=O)N3CCCC3)cc2)ncn1. The number of anilines is 1. The highest BCUT2D eigenvalue weighted by Gasteiger charge is 2.27. The number of carbonyl (C=O) groups is 1. The number of benzene rings is 1. The zero-order chi connectivity index (χ0) is 19.4. The number of nitrogens with one attached hydrogen (secondary N) is 1. The summed E-state index contributed by atoms with van der Waals surface area (Å²) in [5.41, 5.74) is 1.40. The van der Waals surface area contributed by atoms with Crippen LogP contribution in [-0.2, 0) is 14.8 Å². The maximum Gasteiger partial charge on any atom is 0.243 e. The van der Waals surface area contributed by atoms with Crippen LogP contribution in [0.5, 0.6) is 0 Å². The zero-order valence-electron chi connectivity index (χ0n) is 15.3. The smallest absolute Gasteiger partial charge is 0.243 e. The van der Waals surface area contributed by atoms with E-state index in [1.807, 2.05) is 13.0 Å². The number of hydrogen-bond acceptors (Lipinski definition) is 6. The van der Waals surface area contributed by atoms with Crippen LogP contribution in [0, 0.1) is 6.92 Å². The molecule has 0 unspecified atom stereocenters. The summed E-state index contributed by atoms with van der Waals surface area (Å²) in [5, 5.41) is 3.19. The van der Waals surface area contributed by atoms with Crippen LogP contribution in [0.3, 0.4) is 0 Å². The number of carbonyl (C=O) groups excluding carboxylic acids is 1. The van der Waals surface area contributed by atoms with Gasteiger partial charge in [0.2, 0.25) is 15.9 Å². The number of aromatic nitrogens is 2. The number of sulfonamides is 1. The lowest BCUT2D eigenvalue weighted by Gasteiger charge is -2.16. The second kappa shape index (κ2) is 8.37. The van der Waals surface area contributed by atoms with Crippen LogP contribution in [0.1, 0.15) is 25.5 Å². The minimum absolute atomic E-state index is 0.175. The Balaban J connectivity index is 1.62. The molecule has 144 valence electrons. The highest BCUT2D eigenvalue weighted by Crippen LogP contribution is 2.24. The fourth-order valence-corrected chi connectivity index (χ4v) is 5.15. The minimum atomic E-state index is -3.44. The van der Waals surface area contributed by atoms with E-state index in [2.05, 4.69) is 15.3 Å². The molecular formula is C18H22N4O3S2. The molecule has 1 aromatic carbocycles. The Labute approximate surface area is 163 Å². The number of aryl methyl sites for hydroxylation is 1. The predicted octanol–water partition coefficient (Wildman–Crippen LogP) is 2.69. The molecule has 0 radical (unpaired) electrons. The first-order valence-corrected chi connectivity index (χ1v) is 11.0. The molecule has 1 aromatic heterocycles. The second-order valence-electron chi connectivity index (χ2n) is 6.38. The molecule has 27 heavy (non-hydrogen) atoms. The van der Waals surface area contributed by atoms with Crippen molar-refractivity contribution >= 4 is 33.4 Å². The number of nitrogens with zero attached hydrogens (tertiary/aromatic N) is 3. The molecule has 0 aliphatic carbocycles. The van der Waals surface area contributed by atoms with E-state index in [0.717, 1.165) is 23.6 Å². The van der Waals surface area contributed by atoms with Gasteiger partial charge in [-0.25, -0.2) is 18.4 Å². The van der Waals surface area contributed by atoms with Crippen LogP contribution < -0.4 is 5.32 Å². The lowest BCUT2D eigenvalue weighted by atomic mass is 10.3. The molecule has 0 saturated carbocycles.